The summed E-state index contributed by atoms with van der Waals surface area (Å²) in [5.41, 5.74) is 3.96. The number of carbonyl (C=O) groups is 2. The lowest BCUT2D eigenvalue weighted by molar-refractivity contribution is -0.130. The zero-order chi connectivity index (χ0) is 26.7. The van der Waals surface area contributed by atoms with Crippen molar-refractivity contribution in [3.8, 4) is 11.5 Å². The third-order valence-electron chi connectivity index (χ3n) is 6.18. The van der Waals surface area contributed by atoms with Gasteiger partial charge in [-0.15, -0.1) is 0 Å². The van der Waals surface area contributed by atoms with Crippen LogP contribution in [-0.2, 0) is 16.6 Å². The number of Topliss-reactive ketones (excluding diaryl/α,β-unsaturated/α-hetero) is 1. The number of hydrogen-bond donors (Lipinski definition) is 1. The first-order valence-electron chi connectivity index (χ1n) is 11.7. The molecule has 0 atom stereocenters. The minimum absolute atomic E-state index is 0.0319. The number of rotatable bonds is 8. The zero-order valence-corrected chi connectivity index (χ0v) is 22.2. The fraction of sp³-hybridized carbons (Fsp3) is 0.241. The summed E-state index contributed by atoms with van der Waals surface area (Å²) in [5.74, 6) is -0.746. The fourth-order valence-corrected chi connectivity index (χ4v) is 4.64. The molecule has 0 unspecified atom stereocenters. The van der Waals surface area contributed by atoms with Gasteiger partial charge in [-0.2, -0.15) is 8.75 Å². The predicted octanol–water partition coefficient (Wildman–Crippen LogP) is 5.97. The Kier molecular flexibility index (Phi) is 7.40. The van der Waals surface area contributed by atoms with Gasteiger partial charge in [0.15, 0.2) is 17.3 Å². The van der Waals surface area contributed by atoms with Crippen LogP contribution in [0.25, 0.3) is 16.6 Å². The summed E-state index contributed by atoms with van der Waals surface area (Å²) in [6.45, 7) is 6.37. The number of hydrogen-bond acceptors (Lipinski definition) is 7. The highest BCUT2D eigenvalue weighted by molar-refractivity contribution is 7.00. The van der Waals surface area contributed by atoms with Gasteiger partial charge in [0.1, 0.15) is 11.0 Å². The standard InChI is InChI=1S/C29H28N2O5S/c1-29(2,3)20-10-6-17(7-11-20)14-21(27(32)19-9-13-24(35-4)25(16-19)36-5)26(28(33)34)18-8-12-22-23(15-18)31-37-30-22/h6-13,15-16H,14H2,1-5H3,(H,33,34). The molecular formula is C29H28N2O5S. The minimum Gasteiger partial charge on any atom is -0.493 e. The lowest BCUT2D eigenvalue weighted by Crippen LogP contribution is -2.15. The van der Waals surface area contributed by atoms with Gasteiger partial charge in [-0.05, 0) is 52.4 Å². The van der Waals surface area contributed by atoms with Gasteiger partial charge in [-0.1, -0.05) is 51.1 Å². The van der Waals surface area contributed by atoms with E-state index < -0.39 is 11.8 Å². The van der Waals surface area contributed by atoms with Crippen LogP contribution >= 0.6 is 11.7 Å². The van der Waals surface area contributed by atoms with Crippen LogP contribution in [0.1, 0.15) is 47.8 Å². The smallest absolute Gasteiger partial charge is 0.336 e. The maximum atomic E-state index is 13.9. The molecule has 0 aliphatic heterocycles. The van der Waals surface area contributed by atoms with E-state index in [1.165, 1.54) is 14.2 Å². The highest BCUT2D eigenvalue weighted by Crippen LogP contribution is 2.32. The van der Waals surface area contributed by atoms with E-state index in [2.05, 4.69) is 29.5 Å². The molecule has 37 heavy (non-hydrogen) atoms. The zero-order valence-electron chi connectivity index (χ0n) is 21.4. The number of fused-ring (bicyclic) bond motifs is 1. The second kappa shape index (κ2) is 10.5. The summed E-state index contributed by atoms with van der Waals surface area (Å²) >= 11 is 1.05. The van der Waals surface area contributed by atoms with E-state index in [-0.39, 0.29) is 23.0 Å². The summed E-state index contributed by atoms with van der Waals surface area (Å²) in [7, 11) is 3.00. The number of carboxylic acids is 1. The molecule has 7 nitrogen and oxygen atoms in total. The second-order valence-corrected chi connectivity index (χ2v) is 10.2. The van der Waals surface area contributed by atoms with Crippen LogP contribution < -0.4 is 9.47 Å². The quantitative estimate of drug-likeness (QED) is 0.228. The van der Waals surface area contributed by atoms with Gasteiger partial charge in [0.2, 0.25) is 0 Å². The number of allylic oxidation sites excluding steroid dienone is 1. The van der Waals surface area contributed by atoms with Crippen LogP contribution in [0.15, 0.2) is 66.2 Å². The van der Waals surface area contributed by atoms with E-state index in [1.807, 2.05) is 24.3 Å². The number of carbonyl (C=O) groups excluding carboxylic acids is 1. The van der Waals surface area contributed by atoms with E-state index in [1.54, 1.807) is 36.4 Å². The Morgan fingerprint density at radius 1 is 0.838 bits per heavy atom. The summed E-state index contributed by atoms with van der Waals surface area (Å²) in [4.78, 5) is 26.6. The maximum absolute atomic E-state index is 13.9. The normalized spacial score (nSPS) is 12.2. The molecule has 3 aromatic carbocycles. The summed E-state index contributed by atoms with van der Waals surface area (Å²) in [5, 5.41) is 10.3. The molecule has 0 bridgehead atoms. The van der Waals surface area contributed by atoms with Crippen LogP contribution in [0.2, 0.25) is 0 Å². The molecule has 0 fully saturated rings. The molecule has 0 radical (unpaired) electrons. The number of aromatic nitrogens is 2. The SMILES string of the molecule is COc1ccc(C(=O)C(Cc2ccc(C(C)(C)C)cc2)=C(C(=O)O)c2ccc3nsnc3c2)cc1OC. The summed E-state index contributed by atoms with van der Waals surface area (Å²) in [6, 6.07) is 17.8. The average molecular weight is 517 g/mol. The highest BCUT2D eigenvalue weighted by Gasteiger charge is 2.25. The first-order chi connectivity index (χ1) is 17.6. The molecule has 0 saturated heterocycles. The van der Waals surface area contributed by atoms with Crippen LogP contribution in [0, 0.1) is 0 Å². The molecule has 1 N–H and O–H groups in total. The molecule has 0 saturated carbocycles. The first kappa shape index (κ1) is 26.0. The predicted molar refractivity (Wildman–Crippen MR) is 145 cm³/mol. The van der Waals surface area contributed by atoms with Crippen molar-refractivity contribution in [2.75, 3.05) is 14.2 Å². The van der Waals surface area contributed by atoms with Crippen molar-refractivity contribution < 1.29 is 24.2 Å². The van der Waals surface area contributed by atoms with E-state index in [4.69, 9.17) is 9.47 Å². The van der Waals surface area contributed by atoms with Gasteiger partial charge in [0, 0.05) is 17.6 Å². The Balaban J connectivity index is 1.89. The van der Waals surface area contributed by atoms with Crippen molar-refractivity contribution >= 4 is 40.1 Å². The van der Waals surface area contributed by atoms with Crippen LogP contribution in [-0.4, -0.2) is 39.8 Å². The van der Waals surface area contributed by atoms with Crippen LogP contribution in [0.5, 0.6) is 11.5 Å². The van der Waals surface area contributed by atoms with Gasteiger partial charge in [-0.25, -0.2) is 4.79 Å². The highest BCUT2D eigenvalue weighted by atomic mass is 32.1. The monoisotopic (exact) mass is 516 g/mol. The van der Waals surface area contributed by atoms with E-state index >= 15 is 0 Å². The average Bonchev–Trinajstić information content (AvgIpc) is 3.35. The van der Waals surface area contributed by atoms with Crippen molar-refractivity contribution in [2.45, 2.75) is 32.6 Å². The number of aliphatic carboxylic acids is 1. The molecule has 0 aliphatic carbocycles. The maximum Gasteiger partial charge on any atom is 0.336 e. The van der Waals surface area contributed by atoms with Crippen LogP contribution in [0.3, 0.4) is 0 Å². The molecule has 1 heterocycles. The molecule has 0 amide bonds. The second-order valence-electron chi connectivity index (χ2n) is 9.65. The van der Waals surface area contributed by atoms with Crippen molar-refractivity contribution in [3.05, 3.63) is 88.5 Å². The summed E-state index contributed by atoms with van der Waals surface area (Å²) < 4.78 is 19.1. The fourth-order valence-electron chi connectivity index (χ4n) is 4.13. The van der Waals surface area contributed by atoms with E-state index in [0.717, 1.165) is 22.9 Å². The molecular weight excluding hydrogens is 488 g/mol. The van der Waals surface area contributed by atoms with E-state index in [9.17, 15) is 14.7 Å². The molecule has 1 aromatic heterocycles. The van der Waals surface area contributed by atoms with Gasteiger partial charge in [0.25, 0.3) is 0 Å². The number of benzene rings is 3. The minimum atomic E-state index is -1.20. The topological polar surface area (TPSA) is 98.6 Å². The Morgan fingerprint density at radius 2 is 1.49 bits per heavy atom. The van der Waals surface area contributed by atoms with Gasteiger partial charge in [-0.3, -0.25) is 4.79 Å². The first-order valence-corrected chi connectivity index (χ1v) is 12.4. The Labute approximate surface area is 219 Å². The lowest BCUT2D eigenvalue weighted by Gasteiger charge is -2.19. The Hall–Kier alpha value is -4.04. The van der Waals surface area contributed by atoms with Crippen LogP contribution in [0.4, 0.5) is 0 Å². The number of nitrogens with zero attached hydrogens (tertiary/aromatic N) is 2. The van der Waals surface area contributed by atoms with Crippen molar-refractivity contribution in [3.63, 3.8) is 0 Å². The third kappa shape index (κ3) is 5.54. The van der Waals surface area contributed by atoms with Crippen molar-refractivity contribution in [1.29, 1.82) is 0 Å². The van der Waals surface area contributed by atoms with Gasteiger partial charge >= 0.3 is 5.97 Å². The lowest BCUT2D eigenvalue weighted by atomic mass is 9.85. The molecule has 0 aliphatic rings. The van der Waals surface area contributed by atoms with Gasteiger partial charge < -0.3 is 14.6 Å². The van der Waals surface area contributed by atoms with Crippen molar-refractivity contribution in [1.82, 2.24) is 8.75 Å². The van der Waals surface area contributed by atoms with Crippen molar-refractivity contribution in [2.24, 2.45) is 0 Å². The van der Waals surface area contributed by atoms with E-state index in [0.29, 0.717) is 33.7 Å². The molecule has 4 rings (SSSR count). The largest absolute Gasteiger partial charge is 0.493 e. The third-order valence-corrected chi connectivity index (χ3v) is 6.74. The molecule has 190 valence electrons. The molecule has 8 heteroatoms. The Bertz CT molecular complexity index is 1500. The van der Waals surface area contributed by atoms with Gasteiger partial charge in [0.05, 0.1) is 31.5 Å². The number of methoxy groups -OCH3 is 2. The number of ketones is 1. The number of carboxylic acid groups (broad SMARTS) is 1. The molecule has 0 spiro atoms. The summed E-state index contributed by atoms with van der Waals surface area (Å²) in [6.07, 6.45) is 0.132. The number of ether oxygens (including phenoxy) is 2. The Morgan fingerprint density at radius 3 is 2.11 bits per heavy atom. The molecule has 4 aromatic rings.